The number of pyridine rings is 1. The molecule has 0 amide bonds. The summed E-state index contributed by atoms with van der Waals surface area (Å²) in [6, 6.07) is 10.1. The second kappa shape index (κ2) is 8.18. The average molecular weight is 428 g/mol. The number of carboxylic acids is 1. The topological polar surface area (TPSA) is 133 Å². The summed E-state index contributed by atoms with van der Waals surface area (Å²) in [4.78, 5) is 26.3. The van der Waals surface area contributed by atoms with E-state index >= 15 is 0 Å². The first-order chi connectivity index (χ1) is 14.5. The SMILES string of the molecule is N#CC(C1CCC(C(=O)O)OC1)n1nc(Nc2ccc(Cl)cc2)c2c(=O)[nH]ccc21. The fraction of sp³-hybridized carbons (Fsp3) is 0.300. The summed E-state index contributed by atoms with van der Waals surface area (Å²) in [6.45, 7) is 0.125. The number of carbonyl (C=O) groups is 1. The lowest BCUT2D eigenvalue weighted by Gasteiger charge is -2.29. The third-order valence-corrected chi connectivity index (χ3v) is 5.42. The highest BCUT2D eigenvalue weighted by Gasteiger charge is 2.34. The van der Waals surface area contributed by atoms with Gasteiger partial charge >= 0.3 is 5.97 Å². The molecule has 0 bridgehead atoms. The van der Waals surface area contributed by atoms with Crippen LogP contribution in [0.5, 0.6) is 0 Å². The third kappa shape index (κ3) is 3.75. The number of nitriles is 1. The molecule has 1 aliphatic heterocycles. The van der Waals surface area contributed by atoms with Gasteiger partial charge in [0.1, 0.15) is 11.4 Å². The van der Waals surface area contributed by atoms with Gasteiger partial charge in [-0.05, 0) is 43.2 Å². The number of aliphatic carboxylic acids is 1. The van der Waals surface area contributed by atoms with Crippen molar-refractivity contribution >= 4 is 40.0 Å². The van der Waals surface area contributed by atoms with Gasteiger partial charge in [0, 0.05) is 22.8 Å². The van der Waals surface area contributed by atoms with E-state index in [2.05, 4.69) is 21.5 Å². The van der Waals surface area contributed by atoms with Gasteiger partial charge < -0.3 is 20.1 Å². The molecule has 10 heteroatoms. The number of benzene rings is 1. The van der Waals surface area contributed by atoms with Crippen molar-refractivity contribution in [2.24, 2.45) is 5.92 Å². The largest absolute Gasteiger partial charge is 0.479 e. The Morgan fingerprint density at radius 3 is 2.77 bits per heavy atom. The van der Waals surface area contributed by atoms with Crippen molar-refractivity contribution in [3.8, 4) is 6.07 Å². The monoisotopic (exact) mass is 427 g/mol. The molecule has 30 heavy (non-hydrogen) atoms. The fourth-order valence-electron chi connectivity index (χ4n) is 3.64. The summed E-state index contributed by atoms with van der Waals surface area (Å²) < 4.78 is 6.93. The van der Waals surface area contributed by atoms with E-state index in [4.69, 9.17) is 21.4 Å². The standard InChI is InChI=1S/C20H18ClN5O4/c21-12-2-4-13(5-3-12)24-18-17-14(7-8-23-19(17)27)26(25-18)15(9-22)11-1-6-16(20(28)29)30-10-11/h2-5,7-8,11,15-16H,1,6,10H2,(H,23,27)(H,24,25)(H,28,29). The first-order valence-corrected chi connectivity index (χ1v) is 9.72. The molecule has 4 rings (SSSR count). The van der Waals surface area contributed by atoms with Gasteiger partial charge in [-0.15, -0.1) is 0 Å². The van der Waals surface area contributed by atoms with Crippen LogP contribution in [0.3, 0.4) is 0 Å². The van der Waals surface area contributed by atoms with Gasteiger partial charge in [-0.25, -0.2) is 9.48 Å². The average Bonchev–Trinajstić information content (AvgIpc) is 3.10. The van der Waals surface area contributed by atoms with Crippen molar-refractivity contribution in [3.63, 3.8) is 0 Å². The molecular weight excluding hydrogens is 410 g/mol. The number of fused-ring (bicyclic) bond motifs is 1. The molecule has 0 aliphatic carbocycles. The fourth-order valence-corrected chi connectivity index (χ4v) is 3.77. The maximum atomic E-state index is 12.5. The van der Waals surface area contributed by atoms with E-state index in [-0.39, 0.29) is 18.1 Å². The smallest absolute Gasteiger partial charge is 0.332 e. The molecule has 1 aliphatic rings. The lowest BCUT2D eigenvalue weighted by Crippen LogP contribution is -2.35. The first kappa shape index (κ1) is 19.9. The van der Waals surface area contributed by atoms with E-state index < -0.39 is 18.1 Å². The predicted molar refractivity (Wildman–Crippen MR) is 110 cm³/mol. The van der Waals surface area contributed by atoms with E-state index in [0.29, 0.717) is 40.3 Å². The second-order valence-electron chi connectivity index (χ2n) is 7.06. The number of ether oxygens (including phenoxy) is 1. The minimum atomic E-state index is -1.01. The summed E-state index contributed by atoms with van der Waals surface area (Å²) in [6.07, 6.45) is 1.45. The van der Waals surface area contributed by atoms with Gasteiger partial charge in [0.15, 0.2) is 11.9 Å². The number of H-pyrrole nitrogens is 1. The van der Waals surface area contributed by atoms with Crippen LogP contribution in [-0.2, 0) is 9.53 Å². The Hall–Kier alpha value is -3.35. The Bertz CT molecular complexity index is 1170. The van der Waals surface area contributed by atoms with E-state index in [9.17, 15) is 14.9 Å². The number of hydrogen-bond donors (Lipinski definition) is 3. The minimum absolute atomic E-state index is 0.125. The zero-order valence-corrected chi connectivity index (χ0v) is 16.5. The summed E-state index contributed by atoms with van der Waals surface area (Å²) in [5.74, 6) is -0.946. The molecule has 1 fully saturated rings. The molecule has 3 aromatic rings. The van der Waals surface area contributed by atoms with Gasteiger partial charge in [0.25, 0.3) is 5.56 Å². The number of nitrogens with zero attached hydrogens (tertiary/aromatic N) is 3. The molecule has 2 aromatic heterocycles. The summed E-state index contributed by atoms with van der Waals surface area (Å²) >= 11 is 5.93. The van der Waals surface area contributed by atoms with Gasteiger partial charge in [-0.1, -0.05) is 11.6 Å². The van der Waals surface area contributed by atoms with Gasteiger partial charge in [0.2, 0.25) is 0 Å². The van der Waals surface area contributed by atoms with Crippen LogP contribution in [0.15, 0.2) is 41.3 Å². The van der Waals surface area contributed by atoms with Crippen LogP contribution in [0.1, 0.15) is 18.9 Å². The molecule has 3 N–H and O–H groups in total. The molecule has 1 aromatic carbocycles. The highest BCUT2D eigenvalue weighted by molar-refractivity contribution is 6.30. The summed E-state index contributed by atoms with van der Waals surface area (Å²) in [5.41, 5.74) is 0.855. The van der Waals surface area contributed by atoms with Crippen LogP contribution in [0.4, 0.5) is 11.5 Å². The zero-order chi connectivity index (χ0) is 21.3. The summed E-state index contributed by atoms with van der Waals surface area (Å²) in [5, 5.41) is 27.5. The lowest BCUT2D eigenvalue weighted by atomic mass is 9.92. The van der Waals surface area contributed by atoms with E-state index in [0.717, 1.165) is 0 Å². The van der Waals surface area contributed by atoms with Gasteiger partial charge in [-0.3, -0.25) is 4.79 Å². The quantitative estimate of drug-likeness (QED) is 0.569. The number of aromatic nitrogens is 3. The molecule has 3 heterocycles. The van der Waals surface area contributed by atoms with E-state index in [1.165, 1.54) is 10.9 Å². The third-order valence-electron chi connectivity index (χ3n) is 5.17. The van der Waals surface area contributed by atoms with Crippen molar-refractivity contribution < 1.29 is 14.6 Å². The molecule has 0 spiro atoms. The van der Waals surface area contributed by atoms with Crippen molar-refractivity contribution in [2.45, 2.75) is 25.0 Å². The molecule has 3 unspecified atom stereocenters. The Morgan fingerprint density at radius 2 is 2.13 bits per heavy atom. The van der Waals surface area contributed by atoms with Crippen molar-refractivity contribution in [1.29, 1.82) is 5.26 Å². The number of halogens is 1. The maximum Gasteiger partial charge on any atom is 0.332 e. The number of anilines is 2. The molecule has 1 saturated heterocycles. The number of carboxylic acid groups (broad SMARTS) is 1. The highest BCUT2D eigenvalue weighted by atomic mass is 35.5. The van der Waals surface area contributed by atoms with Crippen LogP contribution in [0.2, 0.25) is 5.02 Å². The van der Waals surface area contributed by atoms with Gasteiger partial charge in [-0.2, -0.15) is 10.4 Å². The molecule has 154 valence electrons. The Morgan fingerprint density at radius 1 is 1.37 bits per heavy atom. The van der Waals surface area contributed by atoms with Crippen LogP contribution >= 0.6 is 11.6 Å². The van der Waals surface area contributed by atoms with Crippen LogP contribution in [-0.4, -0.2) is 38.6 Å². The molecular formula is C20H18ClN5O4. The Labute approximate surface area is 175 Å². The molecule has 3 atom stereocenters. The highest BCUT2D eigenvalue weighted by Crippen LogP contribution is 2.33. The lowest BCUT2D eigenvalue weighted by molar-refractivity contribution is -0.155. The van der Waals surface area contributed by atoms with E-state index in [1.54, 1.807) is 30.3 Å². The molecule has 0 saturated carbocycles. The van der Waals surface area contributed by atoms with Crippen LogP contribution in [0, 0.1) is 17.2 Å². The van der Waals surface area contributed by atoms with Crippen molar-refractivity contribution in [3.05, 3.63) is 51.9 Å². The normalized spacial score (nSPS) is 19.9. The van der Waals surface area contributed by atoms with Crippen LogP contribution in [0.25, 0.3) is 10.9 Å². The number of rotatable bonds is 5. The van der Waals surface area contributed by atoms with Crippen molar-refractivity contribution in [2.75, 3.05) is 11.9 Å². The maximum absolute atomic E-state index is 12.5. The predicted octanol–water partition coefficient (Wildman–Crippen LogP) is 3.07. The second-order valence-corrected chi connectivity index (χ2v) is 7.50. The number of aromatic amines is 1. The molecule has 0 radical (unpaired) electrons. The number of hydrogen-bond acceptors (Lipinski definition) is 6. The van der Waals surface area contributed by atoms with E-state index in [1.807, 2.05) is 0 Å². The summed E-state index contributed by atoms with van der Waals surface area (Å²) in [7, 11) is 0. The van der Waals surface area contributed by atoms with Crippen molar-refractivity contribution in [1.82, 2.24) is 14.8 Å². The Balaban J connectivity index is 1.71. The first-order valence-electron chi connectivity index (χ1n) is 9.34. The zero-order valence-electron chi connectivity index (χ0n) is 15.7. The number of nitrogens with one attached hydrogen (secondary N) is 2. The Kier molecular flexibility index (Phi) is 5.44. The minimum Gasteiger partial charge on any atom is -0.479 e. The van der Waals surface area contributed by atoms with Crippen LogP contribution < -0.4 is 10.9 Å². The van der Waals surface area contributed by atoms with Gasteiger partial charge in [0.05, 0.1) is 18.2 Å². The molecule has 9 nitrogen and oxygen atoms in total.